The van der Waals surface area contributed by atoms with Crippen molar-refractivity contribution >= 4 is 17.4 Å². The lowest BCUT2D eigenvalue weighted by Crippen LogP contribution is -2.29. The van der Waals surface area contributed by atoms with Crippen molar-refractivity contribution < 1.29 is 4.79 Å². The quantitative estimate of drug-likeness (QED) is 0.785. The van der Waals surface area contributed by atoms with Gasteiger partial charge in [0.2, 0.25) is 0 Å². The molecule has 3 aromatic rings. The number of amides is 1. The van der Waals surface area contributed by atoms with Gasteiger partial charge in [-0.15, -0.1) is 0 Å². The van der Waals surface area contributed by atoms with Crippen molar-refractivity contribution in [3.63, 3.8) is 0 Å². The van der Waals surface area contributed by atoms with E-state index in [1.54, 1.807) is 16.8 Å². The number of rotatable bonds is 4. The van der Waals surface area contributed by atoms with Gasteiger partial charge < -0.3 is 5.32 Å². The molecular formula is C20H23N5O. The first-order chi connectivity index (χ1) is 12.7. The number of carbonyl (C=O) groups is 1. The molecule has 6 heteroatoms. The monoisotopic (exact) mass is 349 g/mol. The van der Waals surface area contributed by atoms with E-state index in [1.165, 1.54) is 24.8 Å². The molecule has 0 saturated carbocycles. The Bertz CT molecular complexity index is 927. The SMILES string of the molecule is Cc1cc2nccc(NC(=O)c3cccc(CN4CCCCC4)c3)n2n1. The zero-order valence-electron chi connectivity index (χ0n) is 15.0. The Morgan fingerprint density at radius 3 is 2.85 bits per heavy atom. The second-order valence-electron chi connectivity index (χ2n) is 6.88. The molecule has 0 aliphatic carbocycles. The first kappa shape index (κ1) is 16.7. The van der Waals surface area contributed by atoms with Gasteiger partial charge in [0, 0.05) is 24.4 Å². The molecule has 1 amide bonds. The molecule has 1 aliphatic rings. The van der Waals surface area contributed by atoms with E-state index in [0.29, 0.717) is 11.4 Å². The number of hydrogen-bond acceptors (Lipinski definition) is 4. The van der Waals surface area contributed by atoms with Crippen LogP contribution in [0.1, 0.15) is 40.9 Å². The van der Waals surface area contributed by atoms with Crippen LogP contribution in [0, 0.1) is 6.92 Å². The zero-order chi connectivity index (χ0) is 17.9. The average molecular weight is 349 g/mol. The smallest absolute Gasteiger partial charge is 0.256 e. The van der Waals surface area contributed by atoms with E-state index in [4.69, 9.17) is 0 Å². The van der Waals surface area contributed by atoms with Crippen LogP contribution in [0.5, 0.6) is 0 Å². The largest absolute Gasteiger partial charge is 0.306 e. The van der Waals surface area contributed by atoms with Crippen molar-refractivity contribution in [1.82, 2.24) is 19.5 Å². The number of aromatic nitrogens is 3. The lowest BCUT2D eigenvalue weighted by Gasteiger charge is -2.26. The van der Waals surface area contributed by atoms with Gasteiger partial charge in [-0.25, -0.2) is 4.98 Å². The number of hydrogen-bond donors (Lipinski definition) is 1. The molecule has 1 aromatic carbocycles. The van der Waals surface area contributed by atoms with Gasteiger partial charge in [-0.05, 0) is 56.6 Å². The van der Waals surface area contributed by atoms with Crippen molar-refractivity contribution in [2.75, 3.05) is 18.4 Å². The lowest BCUT2D eigenvalue weighted by atomic mass is 10.1. The van der Waals surface area contributed by atoms with Crippen molar-refractivity contribution in [3.05, 3.63) is 59.4 Å². The highest BCUT2D eigenvalue weighted by molar-refractivity contribution is 6.04. The molecule has 2 aromatic heterocycles. The topological polar surface area (TPSA) is 62.5 Å². The van der Waals surface area contributed by atoms with Gasteiger partial charge >= 0.3 is 0 Å². The molecule has 3 heterocycles. The van der Waals surface area contributed by atoms with E-state index in [9.17, 15) is 4.79 Å². The van der Waals surface area contributed by atoms with Crippen LogP contribution in [-0.2, 0) is 6.54 Å². The van der Waals surface area contributed by atoms with Crippen LogP contribution in [0.25, 0.3) is 5.65 Å². The fraction of sp³-hybridized carbons (Fsp3) is 0.350. The summed E-state index contributed by atoms with van der Waals surface area (Å²) in [5, 5.41) is 7.34. The number of fused-ring (bicyclic) bond motifs is 1. The second kappa shape index (κ2) is 7.25. The van der Waals surface area contributed by atoms with E-state index < -0.39 is 0 Å². The summed E-state index contributed by atoms with van der Waals surface area (Å²) in [5.41, 5.74) is 3.42. The number of piperidine rings is 1. The van der Waals surface area contributed by atoms with Crippen molar-refractivity contribution in [1.29, 1.82) is 0 Å². The summed E-state index contributed by atoms with van der Waals surface area (Å²) in [6.45, 7) is 5.09. The molecule has 0 unspecified atom stereocenters. The van der Waals surface area contributed by atoms with Crippen molar-refractivity contribution in [3.8, 4) is 0 Å². The number of aryl methyl sites for hydroxylation is 1. The maximum Gasteiger partial charge on any atom is 0.256 e. The molecule has 6 nitrogen and oxygen atoms in total. The van der Waals surface area contributed by atoms with Crippen molar-refractivity contribution in [2.45, 2.75) is 32.7 Å². The zero-order valence-corrected chi connectivity index (χ0v) is 15.0. The fourth-order valence-electron chi connectivity index (χ4n) is 3.48. The number of carbonyl (C=O) groups excluding carboxylic acids is 1. The van der Waals surface area contributed by atoms with E-state index >= 15 is 0 Å². The average Bonchev–Trinajstić information content (AvgIpc) is 3.04. The summed E-state index contributed by atoms with van der Waals surface area (Å²) >= 11 is 0. The highest BCUT2D eigenvalue weighted by Gasteiger charge is 2.13. The van der Waals surface area contributed by atoms with Crippen molar-refractivity contribution in [2.24, 2.45) is 0 Å². The number of benzene rings is 1. The molecule has 134 valence electrons. The van der Waals surface area contributed by atoms with E-state index in [2.05, 4.69) is 26.4 Å². The molecular weight excluding hydrogens is 326 g/mol. The summed E-state index contributed by atoms with van der Waals surface area (Å²) in [6, 6.07) is 11.5. The number of nitrogens with one attached hydrogen (secondary N) is 1. The third-order valence-electron chi connectivity index (χ3n) is 4.77. The molecule has 0 radical (unpaired) electrons. The van der Waals surface area contributed by atoms with Crippen LogP contribution in [0.3, 0.4) is 0 Å². The molecule has 0 spiro atoms. The summed E-state index contributed by atoms with van der Waals surface area (Å²) < 4.78 is 1.66. The summed E-state index contributed by atoms with van der Waals surface area (Å²) in [5.74, 6) is 0.487. The van der Waals surface area contributed by atoms with E-state index in [-0.39, 0.29) is 5.91 Å². The Hall–Kier alpha value is -2.73. The van der Waals surface area contributed by atoms with Gasteiger partial charge in [0.15, 0.2) is 5.65 Å². The minimum Gasteiger partial charge on any atom is -0.306 e. The molecule has 1 aliphatic heterocycles. The number of anilines is 1. The molecule has 26 heavy (non-hydrogen) atoms. The minimum absolute atomic E-state index is 0.133. The van der Waals surface area contributed by atoms with E-state index in [1.807, 2.05) is 31.2 Å². The molecule has 1 N–H and O–H groups in total. The lowest BCUT2D eigenvalue weighted by molar-refractivity contribution is 0.102. The van der Waals surface area contributed by atoms with Crippen LogP contribution >= 0.6 is 0 Å². The van der Waals surface area contributed by atoms with Gasteiger partial charge in [-0.1, -0.05) is 18.6 Å². The minimum atomic E-state index is -0.133. The summed E-state index contributed by atoms with van der Waals surface area (Å²) in [6.07, 6.45) is 5.54. The van der Waals surface area contributed by atoms with Gasteiger partial charge in [0.1, 0.15) is 5.82 Å². The van der Waals surface area contributed by atoms with Gasteiger partial charge in [0.25, 0.3) is 5.91 Å². The predicted molar refractivity (Wildman–Crippen MR) is 101 cm³/mol. The van der Waals surface area contributed by atoms with Gasteiger partial charge in [-0.3, -0.25) is 9.69 Å². The standard InChI is InChI=1S/C20H23N5O/c1-15-12-19-21-9-8-18(25(19)23-15)22-20(26)17-7-5-6-16(13-17)14-24-10-3-2-4-11-24/h5-9,12-13H,2-4,10-11,14H2,1H3,(H,22,26). The molecule has 0 bridgehead atoms. The summed E-state index contributed by atoms with van der Waals surface area (Å²) in [7, 11) is 0. The van der Waals surface area contributed by atoms with Crippen LogP contribution in [0.2, 0.25) is 0 Å². The second-order valence-corrected chi connectivity index (χ2v) is 6.88. The Morgan fingerprint density at radius 1 is 1.15 bits per heavy atom. The van der Waals surface area contributed by atoms with Crippen LogP contribution in [0.15, 0.2) is 42.6 Å². The van der Waals surface area contributed by atoms with Crippen LogP contribution in [-0.4, -0.2) is 38.5 Å². The molecule has 0 atom stereocenters. The van der Waals surface area contributed by atoms with Gasteiger partial charge in [-0.2, -0.15) is 9.61 Å². The number of nitrogens with zero attached hydrogens (tertiary/aromatic N) is 4. The number of likely N-dealkylation sites (tertiary alicyclic amines) is 1. The highest BCUT2D eigenvalue weighted by Crippen LogP contribution is 2.16. The third-order valence-corrected chi connectivity index (χ3v) is 4.77. The first-order valence-electron chi connectivity index (χ1n) is 9.13. The van der Waals surface area contributed by atoms with Crippen LogP contribution < -0.4 is 5.32 Å². The van der Waals surface area contributed by atoms with Crippen LogP contribution in [0.4, 0.5) is 5.82 Å². The fourth-order valence-corrected chi connectivity index (χ4v) is 3.48. The normalized spacial score (nSPS) is 15.3. The Balaban J connectivity index is 1.51. The van der Waals surface area contributed by atoms with E-state index in [0.717, 1.165) is 31.0 Å². The van der Waals surface area contributed by atoms with Gasteiger partial charge in [0.05, 0.1) is 5.69 Å². The molecule has 1 saturated heterocycles. The molecule has 4 rings (SSSR count). The maximum atomic E-state index is 12.7. The highest BCUT2D eigenvalue weighted by atomic mass is 16.1. The maximum absolute atomic E-state index is 12.7. The Labute approximate surface area is 152 Å². The third kappa shape index (κ3) is 3.60. The summed E-state index contributed by atoms with van der Waals surface area (Å²) in [4.78, 5) is 19.4. The Morgan fingerprint density at radius 2 is 2.00 bits per heavy atom. The first-order valence-corrected chi connectivity index (χ1v) is 9.13. The predicted octanol–water partition coefficient (Wildman–Crippen LogP) is 3.28. The molecule has 1 fully saturated rings. The Kier molecular flexibility index (Phi) is 4.67.